The number of nitrogens with zero attached hydrogens (tertiary/aromatic N) is 3. The lowest BCUT2D eigenvalue weighted by Gasteiger charge is -2.12. The van der Waals surface area contributed by atoms with Gasteiger partial charge in [-0.15, -0.1) is 0 Å². The molecule has 2 aromatic rings. The number of benzene rings is 1. The molecule has 0 spiro atoms. The first-order valence-corrected chi connectivity index (χ1v) is 5.70. The molecule has 1 heterocycles. The maximum atomic E-state index is 11.5. The maximum Gasteiger partial charge on any atom is 0.321 e. The van der Waals surface area contributed by atoms with Crippen LogP contribution in [0.25, 0.3) is 11.0 Å². The van der Waals surface area contributed by atoms with Crippen LogP contribution in [0.15, 0.2) is 18.2 Å². The lowest BCUT2D eigenvalue weighted by Crippen LogP contribution is -2.27. The Morgan fingerprint density at radius 1 is 1.11 bits per heavy atom. The molecule has 1 aromatic carbocycles. The number of carbonyl (C=O) groups excluding carboxylic acids is 1. The summed E-state index contributed by atoms with van der Waals surface area (Å²) >= 11 is 0. The summed E-state index contributed by atoms with van der Waals surface area (Å²) in [5.41, 5.74) is 4.17. The zero-order chi connectivity index (χ0) is 13.3. The van der Waals surface area contributed by atoms with E-state index < -0.39 is 0 Å². The molecule has 1 aromatic heterocycles. The number of hydrogen-bond donors (Lipinski definition) is 1. The highest BCUT2D eigenvalue weighted by atomic mass is 16.2. The van der Waals surface area contributed by atoms with Crippen molar-refractivity contribution in [1.82, 2.24) is 14.9 Å². The third-order valence-corrected chi connectivity index (χ3v) is 2.73. The third-order valence-electron chi connectivity index (χ3n) is 2.73. The normalized spacial score (nSPS) is 10.4. The number of carbonyl (C=O) groups is 1. The van der Waals surface area contributed by atoms with Gasteiger partial charge in [0.2, 0.25) is 0 Å². The Morgan fingerprint density at radius 2 is 1.72 bits per heavy atom. The van der Waals surface area contributed by atoms with E-state index in [9.17, 15) is 4.79 Å². The van der Waals surface area contributed by atoms with Gasteiger partial charge in [0.25, 0.3) is 0 Å². The molecular weight excluding hydrogens is 228 g/mol. The molecule has 0 radical (unpaired) electrons. The highest BCUT2D eigenvalue weighted by molar-refractivity contribution is 5.91. The van der Waals surface area contributed by atoms with Gasteiger partial charge >= 0.3 is 6.03 Å². The Morgan fingerprint density at radius 3 is 2.33 bits per heavy atom. The van der Waals surface area contributed by atoms with Gasteiger partial charge in [0.15, 0.2) is 0 Å². The summed E-state index contributed by atoms with van der Waals surface area (Å²) in [4.78, 5) is 21.9. The number of aromatic nitrogens is 2. The van der Waals surface area contributed by atoms with Gasteiger partial charge < -0.3 is 10.2 Å². The van der Waals surface area contributed by atoms with Gasteiger partial charge in [-0.25, -0.2) is 14.8 Å². The summed E-state index contributed by atoms with van der Waals surface area (Å²) in [6, 6.07) is 5.36. The van der Waals surface area contributed by atoms with Crippen LogP contribution in [-0.4, -0.2) is 35.0 Å². The van der Waals surface area contributed by atoms with Gasteiger partial charge in [0, 0.05) is 19.8 Å². The van der Waals surface area contributed by atoms with Gasteiger partial charge in [-0.1, -0.05) is 0 Å². The predicted molar refractivity (Wildman–Crippen MR) is 71.7 cm³/mol. The van der Waals surface area contributed by atoms with E-state index in [1.807, 2.05) is 32.0 Å². The molecule has 0 bridgehead atoms. The van der Waals surface area contributed by atoms with Crippen molar-refractivity contribution in [3.63, 3.8) is 0 Å². The first kappa shape index (κ1) is 12.3. The molecule has 18 heavy (non-hydrogen) atoms. The number of hydrogen-bond acceptors (Lipinski definition) is 3. The zero-order valence-electron chi connectivity index (χ0n) is 11.0. The van der Waals surface area contributed by atoms with Crippen LogP contribution in [0.5, 0.6) is 0 Å². The minimum atomic E-state index is -0.161. The number of anilines is 1. The Balaban J connectivity index is 2.38. The topological polar surface area (TPSA) is 58.1 Å². The molecule has 1 N–H and O–H groups in total. The highest BCUT2D eigenvalue weighted by Crippen LogP contribution is 2.17. The van der Waals surface area contributed by atoms with Crippen molar-refractivity contribution in [2.75, 3.05) is 19.4 Å². The first-order valence-electron chi connectivity index (χ1n) is 5.70. The molecule has 5 nitrogen and oxygen atoms in total. The molecule has 0 atom stereocenters. The minimum Gasteiger partial charge on any atom is -0.331 e. The molecule has 5 heteroatoms. The van der Waals surface area contributed by atoms with Gasteiger partial charge in [-0.2, -0.15) is 0 Å². The van der Waals surface area contributed by atoms with Crippen LogP contribution in [0.4, 0.5) is 10.5 Å². The maximum absolute atomic E-state index is 11.5. The minimum absolute atomic E-state index is 0.161. The fourth-order valence-electron chi connectivity index (χ4n) is 1.54. The van der Waals surface area contributed by atoms with Crippen molar-refractivity contribution in [2.45, 2.75) is 13.8 Å². The fourth-order valence-corrected chi connectivity index (χ4v) is 1.54. The fraction of sp³-hybridized carbons (Fsp3) is 0.308. The molecule has 2 amide bonds. The molecule has 0 aliphatic heterocycles. The van der Waals surface area contributed by atoms with Gasteiger partial charge in [0.05, 0.1) is 22.4 Å². The van der Waals surface area contributed by atoms with Crippen LogP contribution in [0.1, 0.15) is 11.4 Å². The van der Waals surface area contributed by atoms with Crippen LogP contribution in [-0.2, 0) is 0 Å². The number of fused-ring (bicyclic) bond motifs is 1. The molecule has 0 saturated heterocycles. The largest absolute Gasteiger partial charge is 0.331 e. The number of urea groups is 1. The van der Waals surface area contributed by atoms with E-state index in [2.05, 4.69) is 15.3 Å². The number of nitrogens with one attached hydrogen (secondary N) is 1. The Labute approximate surface area is 106 Å². The lowest BCUT2D eigenvalue weighted by atomic mass is 10.2. The number of amides is 2. The summed E-state index contributed by atoms with van der Waals surface area (Å²) in [7, 11) is 3.40. The van der Waals surface area contributed by atoms with Crippen molar-refractivity contribution in [3.8, 4) is 0 Å². The van der Waals surface area contributed by atoms with Crippen molar-refractivity contribution in [1.29, 1.82) is 0 Å². The predicted octanol–water partition coefficient (Wildman–Crippen LogP) is 2.34. The van der Waals surface area contributed by atoms with Gasteiger partial charge in [-0.05, 0) is 32.0 Å². The summed E-state index contributed by atoms with van der Waals surface area (Å²) in [6.07, 6.45) is 0. The third kappa shape index (κ3) is 2.40. The summed E-state index contributed by atoms with van der Waals surface area (Å²) in [5.74, 6) is 0. The van der Waals surface area contributed by atoms with Crippen LogP contribution in [0.2, 0.25) is 0 Å². The smallest absolute Gasteiger partial charge is 0.321 e. The van der Waals surface area contributed by atoms with E-state index >= 15 is 0 Å². The lowest BCUT2D eigenvalue weighted by molar-refractivity contribution is 0.230. The summed E-state index contributed by atoms with van der Waals surface area (Å²) < 4.78 is 0. The molecule has 0 aliphatic rings. The average molecular weight is 244 g/mol. The number of rotatable bonds is 1. The molecule has 94 valence electrons. The second-order valence-electron chi connectivity index (χ2n) is 4.42. The van der Waals surface area contributed by atoms with Gasteiger partial charge in [0.1, 0.15) is 0 Å². The molecular formula is C13H16N4O. The van der Waals surface area contributed by atoms with Crippen LogP contribution < -0.4 is 5.32 Å². The number of aryl methyl sites for hydroxylation is 2. The summed E-state index contributed by atoms with van der Waals surface area (Å²) in [6.45, 7) is 3.86. The highest BCUT2D eigenvalue weighted by Gasteiger charge is 2.06. The van der Waals surface area contributed by atoms with Crippen LogP contribution in [0, 0.1) is 13.8 Å². The van der Waals surface area contributed by atoms with Crippen molar-refractivity contribution < 1.29 is 4.79 Å². The second kappa shape index (κ2) is 4.60. The van der Waals surface area contributed by atoms with Gasteiger partial charge in [-0.3, -0.25) is 0 Å². The average Bonchev–Trinajstić information content (AvgIpc) is 2.31. The van der Waals surface area contributed by atoms with E-state index in [4.69, 9.17) is 0 Å². The monoisotopic (exact) mass is 244 g/mol. The van der Waals surface area contributed by atoms with Crippen LogP contribution in [0.3, 0.4) is 0 Å². The molecule has 0 unspecified atom stereocenters. The SMILES string of the molecule is Cc1nc2ccc(NC(=O)N(C)C)cc2nc1C. The van der Waals surface area contributed by atoms with E-state index in [-0.39, 0.29) is 6.03 Å². The van der Waals surface area contributed by atoms with E-state index in [0.29, 0.717) is 0 Å². The molecule has 2 rings (SSSR count). The van der Waals surface area contributed by atoms with E-state index in [1.165, 1.54) is 4.90 Å². The Hall–Kier alpha value is -2.17. The van der Waals surface area contributed by atoms with Crippen LogP contribution >= 0.6 is 0 Å². The first-order chi connectivity index (χ1) is 8.47. The zero-order valence-corrected chi connectivity index (χ0v) is 11.0. The summed E-state index contributed by atoms with van der Waals surface area (Å²) in [5, 5.41) is 2.79. The van der Waals surface area contributed by atoms with Crippen molar-refractivity contribution in [2.24, 2.45) is 0 Å². The quantitative estimate of drug-likeness (QED) is 0.837. The second-order valence-corrected chi connectivity index (χ2v) is 4.42. The van der Waals surface area contributed by atoms with Crippen molar-refractivity contribution in [3.05, 3.63) is 29.6 Å². The standard InChI is InChI=1S/C13H16N4O/c1-8-9(2)15-12-7-10(5-6-11(12)14-8)16-13(18)17(3)4/h5-7H,1-4H3,(H,16,18). The Bertz CT molecular complexity index is 607. The Kier molecular flexibility index (Phi) is 3.14. The van der Waals surface area contributed by atoms with E-state index in [1.54, 1.807) is 14.1 Å². The molecule has 0 saturated carbocycles. The van der Waals surface area contributed by atoms with E-state index in [0.717, 1.165) is 28.1 Å². The van der Waals surface area contributed by atoms with Crippen molar-refractivity contribution >= 4 is 22.8 Å². The molecule has 0 fully saturated rings. The molecule has 0 aliphatic carbocycles.